The Kier molecular flexibility index (Phi) is 6.73. The number of hydrogen-bond donors (Lipinski definition) is 0. The minimum atomic E-state index is -0.168. The maximum atomic E-state index is 12.4. The first-order valence-electron chi connectivity index (χ1n) is 13.0. The predicted molar refractivity (Wildman–Crippen MR) is 151 cm³/mol. The molecule has 190 valence electrons. The third-order valence-electron chi connectivity index (χ3n) is 7.24. The van der Waals surface area contributed by atoms with E-state index >= 15 is 0 Å². The molecule has 1 aromatic heterocycles. The van der Waals surface area contributed by atoms with Crippen LogP contribution in [0.1, 0.15) is 52.2 Å². The van der Waals surface area contributed by atoms with Gasteiger partial charge in [-0.3, -0.25) is 9.78 Å². The number of ether oxygens (including phenoxy) is 1. The van der Waals surface area contributed by atoms with Crippen LogP contribution in [0.5, 0.6) is 5.75 Å². The first-order valence-corrected chi connectivity index (χ1v) is 13.0. The van der Waals surface area contributed by atoms with E-state index in [0.717, 1.165) is 35.1 Å². The molecule has 0 radical (unpaired) electrons. The summed E-state index contributed by atoms with van der Waals surface area (Å²) in [5, 5.41) is 10.2. The average Bonchev–Trinajstić information content (AvgIpc) is 3.31. The van der Waals surface area contributed by atoms with Crippen LogP contribution in [0, 0.1) is 18.3 Å². The molecule has 5 nitrogen and oxygen atoms in total. The summed E-state index contributed by atoms with van der Waals surface area (Å²) >= 11 is 0. The molecule has 0 unspecified atom stereocenters. The lowest BCUT2D eigenvalue weighted by molar-refractivity contribution is 0.0822. The van der Waals surface area contributed by atoms with Crippen LogP contribution in [0.4, 0.5) is 0 Å². The van der Waals surface area contributed by atoms with Crippen LogP contribution in [0.2, 0.25) is 0 Å². The average molecular weight is 502 g/mol. The molecule has 1 amide bonds. The van der Waals surface area contributed by atoms with E-state index in [1.54, 1.807) is 26.4 Å². The fourth-order valence-electron chi connectivity index (χ4n) is 5.35. The Morgan fingerprint density at radius 2 is 1.76 bits per heavy atom. The summed E-state index contributed by atoms with van der Waals surface area (Å²) in [6, 6.07) is 21.2. The fourth-order valence-corrected chi connectivity index (χ4v) is 5.35. The Labute approximate surface area is 224 Å². The molecule has 3 aromatic carbocycles. The van der Waals surface area contributed by atoms with Crippen molar-refractivity contribution >= 4 is 5.91 Å². The molecule has 4 aromatic rings. The summed E-state index contributed by atoms with van der Waals surface area (Å²) in [5.41, 5.74) is 11.8. The topological polar surface area (TPSA) is 66.2 Å². The molecule has 1 heterocycles. The molecule has 0 N–H and O–H groups in total. The number of carbonyl (C=O) groups is 1. The highest BCUT2D eigenvalue weighted by molar-refractivity contribution is 5.94. The molecule has 0 bridgehead atoms. The molecule has 0 saturated heterocycles. The number of pyridine rings is 1. The highest BCUT2D eigenvalue weighted by atomic mass is 16.5. The van der Waals surface area contributed by atoms with Gasteiger partial charge in [0, 0.05) is 37.0 Å². The molecule has 0 spiro atoms. The van der Waals surface area contributed by atoms with Crippen LogP contribution in [0.25, 0.3) is 33.4 Å². The largest absolute Gasteiger partial charge is 0.493 e. The molecule has 0 aliphatic heterocycles. The van der Waals surface area contributed by atoms with E-state index in [-0.39, 0.29) is 5.91 Å². The van der Waals surface area contributed by atoms with Crippen LogP contribution in [-0.4, -0.2) is 36.5 Å². The van der Waals surface area contributed by atoms with Gasteiger partial charge in [0.05, 0.1) is 12.2 Å². The van der Waals surface area contributed by atoms with Crippen LogP contribution >= 0.6 is 0 Å². The van der Waals surface area contributed by atoms with Crippen molar-refractivity contribution in [3.8, 4) is 45.2 Å². The highest BCUT2D eigenvalue weighted by Crippen LogP contribution is 2.48. The summed E-state index contributed by atoms with van der Waals surface area (Å²) in [7, 11) is 3.40. The zero-order chi connectivity index (χ0) is 27.0. The number of benzene rings is 3. The summed E-state index contributed by atoms with van der Waals surface area (Å²) < 4.78 is 6.35. The van der Waals surface area contributed by atoms with E-state index in [2.05, 4.69) is 60.4 Å². The van der Waals surface area contributed by atoms with Gasteiger partial charge in [-0.2, -0.15) is 5.26 Å². The zero-order valence-corrected chi connectivity index (χ0v) is 22.6. The maximum absolute atomic E-state index is 12.4. The number of carbonyl (C=O) groups excluding carboxylic acids is 1. The Morgan fingerprint density at radius 3 is 2.39 bits per heavy atom. The molecule has 0 fully saturated rings. The fraction of sp³-hybridized carbons (Fsp3) is 0.242. The molecule has 1 aliphatic carbocycles. The number of rotatable bonds is 6. The number of fused-ring (bicyclic) bond motifs is 3. The maximum Gasteiger partial charge on any atom is 0.271 e. The van der Waals surface area contributed by atoms with Crippen molar-refractivity contribution in [3.05, 3.63) is 94.3 Å². The molecule has 5 rings (SSSR count). The van der Waals surface area contributed by atoms with Gasteiger partial charge in [-0.1, -0.05) is 49.4 Å². The van der Waals surface area contributed by atoms with Gasteiger partial charge >= 0.3 is 0 Å². The van der Waals surface area contributed by atoms with Crippen molar-refractivity contribution in [1.82, 2.24) is 9.88 Å². The summed E-state index contributed by atoms with van der Waals surface area (Å²) in [4.78, 5) is 18.4. The highest BCUT2D eigenvalue weighted by Gasteiger charge is 2.27. The molecule has 0 atom stereocenters. The molecular weight excluding hydrogens is 470 g/mol. The van der Waals surface area contributed by atoms with Gasteiger partial charge in [0.1, 0.15) is 17.5 Å². The Balaban J connectivity index is 1.77. The minimum absolute atomic E-state index is 0.168. The van der Waals surface area contributed by atoms with Gasteiger partial charge in [0.15, 0.2) is 0 Å². The quantitative estimate of drug-likeness (QED) is 0.256. The van der Waals surface area contributed by atoms with Crippen molar-refractivity contribution < 1.29 is 9.53 Å². The number of aromatic nitrogens is 1. The molecular formula is C33H31N3O2. The van der Waals surface area contributed by atoms with Crippen LogP contribution < -0.4 is 4.74 Å². The number of aryl methyl sites for hydroxylation is 2. The SMILES string of the molecule is CCOc1c(-c2cc(CC)cc3c2Cc2ccccc2-3)cc(C)c(C#N)c1-c1ccc(C(=O)N(C)C)nc1. The van der Waals surface area contributed by atoms with Crippen molar-refractivity contribution in [1.29, 1.82) is 5.26 Å². The van der Waals surface area contributed by atoms with Gasteiger partial charge in [-0.05, 0) is 77.8 Å². The third-order valence-corrected chi connectivity index (χ3v) is 7.24. The third kappa shape index (κ3) is 4.22. The van der Waals surface area contributed by atoms with E-state index in [1.807, 2.05) is 19.9 Å². The lowest BCUT2D eigenvalue weighted by Gasteiger charge is -2.21. The van der Waals surface area contributed by atoms with Crippen molar-refractivity contribution in [2.45, 2.75) is 33.6 Å². The first-order chi connectivity index (χ1) is 18.4. The second-order valence-electron chi connectivity index (χ2n) is 9.85. The van der Waals surface area contributed by atoms with Crippen molar-refractivity contribution in [2.75, 3.05) is 20.7 Å². The van der Waals surface area contributed by atoms with Crippen LogP contribution in [0.3, 0.4) is 0 Å². The monoisotopic (exact) mass is 501 g/mol. The first kappa shape index (κ1) is 25.2. The Bertz CT molecular complexity index is 1590. The standard InChI is InChI=1S/C33H31N3O2/c1-6-21-15-25-24-11-9-8-10-22(24)17-27(25)26(16-21)28-14-20(3)29(18-34)31(32(28)38-7-2)23-12-13-30(35-19-23)33(37)36(4)5/h8-16,19H,6-7,17H2,1-5H3. The summed E-state index contributed by atoms with van der Waals surface area (Å²) in [5.74, 6) is 0.507. The lowest BCUT2D eigenvalue weighted by atomic mass is 9.86. The van der Waals surface area contributed by atoms with Gasteiger partial charge in [0.25, 0.3) is 5.91 Å². The van der Waals surface area contributed by atoms with E-state index in [4.69, 9.17) is 4.74 Å². The molecule has 5 heteroatoms. The number of nitrogens with zero attached hydrogens (tertiary/aromatic N) is 3. The predicted octanol–water partition coefficient (Wildman–Crippen LogP) is 6.83. The van der Waals surface area contributed by atoms with Crippen molar-refractivity contribution in [3.63, 3.8) is 0 Å². The zero-order valence-electron chi connectivity index (χ0n) is 22.6. The van der Waals surface area contributed by atoms with Crippen LogP contribution in [0.15, 0.2) is 60.8 Å². The second-order valence-corrected chi connectivity index (χ2v) is 9.85. The molecule has 0 saturated carbocycles. The smallest absolute Gasteiger partial charge is 0.271 e. The molecule has 1 aliphatic rings. The van der Waals surface area contributed by atoms with Gasteiger partial charge in [-0.25, -0.2) is 0 Å². The Morgan fingerprint density at radius 1 is 1.03 bits per heavy atom. The lowest BCUT2D eigenvalue weighted by Crippen LogP contribution is -2.22. The van der Waals surface area contributed by atoms with E-state index in [9.17, 15) is 10.1 Å². The molecule has 38 heavy (non-hydrogen) atoms. The van der Waals surface area contributed by atoms with E-state index in [1.165, 1.54) is 32.7 Å². The van der Waals surface area contributed by atoms with Gasteiger partial charge in [-0.15, -0.1) is 0 Å². The van der Waals surface area contributed by atoms with Gasteiger partial charge in [0.2, 0.25) is 0 Å². The van der Waals surface area contributed by atoms with Gasteiger partial charge < -0.3 is 9.64 Å². The van der Waals surface area contributed by atoms with E-state index < -0.39 is 0 Å². The Hall–Kier alpha value is -4.43. The number of hydrogen-bond acceptors (Lipinski definition) is 4. The van der Waals surface area contributed by atoms with E-state index in [0.29, 0.717) is 29.2 Å². The number of amides is 1. The van der Waals surface area contributed by atoms with Crippen molar-refractivity contribution in [2.24, 2.45) is 0 Å². The minimum Gasteiger partial charge on any atom is -0.493 e. The summed E-state index contributed by atoms with van der Waals surface area (Å²) in [6.07, 6.45) is 3.44. The second kappa shape index (κ2) is 10.1. The summed E-state index contributed by atoms with van der Waals surface area (Å²) in [6.45, 7) is 6.55. The normalized spacial score (nSPS) is 11.5. The van der Waals surface area contributed by atoms with Crippen LogP contribution in [-0.2, 0) is 12.8 Å². The number of nitriles is 1.